The van der Waals surface area contributed by atoms with Crippen molar-refractivity contribution in [2.45, 2.75) is 140 Å². The number of unbranched alkanes of at least 4 members (excludes halogenated alkanes) is 8. The van der Waals surface area contributed by atoms with E-state index in [1.54, 1.807) is 0 Å². The zero-order valence-corrected chi connectivity index (χ0v) is 23.9. The van der Waals surface area contributed by atoms with Crippen molar-refractivity contribution >= 4 is 0 Å². The molecule has 0 unspecified atom stereocenters. The fourth-order valence-electron chi connectivity index (χ4n) is 5.32. The molecule has 3 rings (SSSR count). The minimum Gasteiger partial charge on any atom is -0.375 e. The van der Waals surface area contributed by atoms with E-state index in [2.05, 4.69) is 25.1 Å². The van der Waals surface area contributed by atoms with Crippen LogP contribution in [0.15, 0.2) is 30.3 Å². The van der Waals surface area contributed by atoms with Gasteiger partial charge in [0.05, 0.1) is 25.4 Å². The van der Waals surface area contributed by atoms with Crippen LogP contribution in [-0.2, 0) is 30.3 Å². The van der Waals surface area contributed by atoms with Crippen molar-refractivity contribution in [3.05, 3.63) is 35.9 Å². The third kappa shape index (κ3) is 10.6. The van der Waals surface area contributed by atoms with E-state index in [1.165, 1.54) is 56.9 Å². The largest absolute Gasteiger partial charge is 0.375 e. The summed E-state index contributed by atoms with van der Waals surface area (Å²) in [7, 11) is 0. The first kappa shape index (κ1) is 31.0. The zero-order valence-electron chi connectivity index (χ0n) is 23.9. The summed E-state index contributed by atoms with van der Waals surface area (Å²) in [6.45, 7) is 7.45. The Balaban J connectivity index is 1.48. The number of ether oxygens (including phenoxy) is 5. The van der Waals surface area contributed by atoms with Crippen LogP contribution in [0.1, 0.15) is 103 Å². The van der Waals surface area contributed by atoms with Gasteiger partial charge in [-0.2, -0.15) is 5.26 Å². The Bertz CT molecular complexity index is 829. The van der Waals surface area contributed by atoms with Crippen LogP contribution in [0.4, 0.5) is 0 Å². The summed E-state index contributed by atoms with van der Waals surface area (Å²) in [5.41, 5.74) is 5.98. The van der Waals surface area contributed by atoms with Crippen molar-refractivity contribution in [3.8, 4) is 6.07 Å². The predicted molar refractivity (Wildman–Crippen MR) is 148 cm³/mol. The summed E-state index contributed by atoms with van der Waals surface area (Å²) in [4.78, 5) is 0. The predicted octanol–water partition coefficient (Wildman–Crippen LogP) is 6.39. The van der Waals surface area contributed by atoms with Crippen LogP contribution in [0.2, 0.25) is 0 Å². The SMILES string of the molecule is CCCCCCCCCCC[C@H](CCO[C@H]1C[C@@](N)(C#N)O[C@@H]2COC(C)(C)O[C@H]12)OCc1ccccc1. The Hall–Kier alpha value is -1.53. The van der Waals surface area contributed by atoms with Crippen molar-refractivity contribution in [2.24, 2.45) is 5.73 Å². The maximum Gasteiger partial charge on any atom is 0.208 e. The lowest BCUT2D eigenvalue weighted by Crippen LogP contribution is -2.65. The Morgan fingerprint density at radius 1 is 1.00 bits per heavy atom. The van der Waals surface area contributed by atoms with Gasteiger partial charge in [-0.25, -0.2) is 0 Å². The van der Waals surface area contributed by atoms with E-state index in [-0.39, 0.29) is 24.7 Å². The van der Waals surface area contributed by atoms with Crippen molar-refractivity contribution in [1.29, 1.82) is 5.26 Å². The van der Waals surface area contributed by atoms with E-state index in [4.69, 9.17) is 29.4 Å². The van der Waals surface area contributed by atoms with Crippen molar-refractivity contribution < 1.29 is 23.7 Å². The van der Waals surface area contributed by atoms with Crippen LogP contribution in [-0.4, -0.2) is 49.1 Å². The summed E-state index contributed by atoms with van der Waals surface area (Å²) in [6.07, 6.45) is 12.8. The van der Waals surface area contributed by atoms with Gasteiger partial charge in [0.15, 0.2) is 5.79 Å². The molecule has 2 fully saturated rings. The molecule has 1 aromatic carbocycles. The molecule has 5 atom stereocenters. The van der Waals surface area contributed by atoms with E-state index >= 15 is 0 Å². The van der Waals surface area contributed by atoms with Crippen LogP contribution >= 0.6 is 0 Å². The lowest BCUT2D eigenvalue weighted by Gasteiger charge is -2.49. The Morgan fingerprint density at radius 2 is 1.68 bits per heavy atom. The lowest BCUT2D eigenvalue weighted by atomic mass is 9.93. The van der Waals surface area contributed by atoms with E-state index in [0.29, 0.717) is 19.8 Å². The Morgan fingerprint density at radius 3 is 2.37 bits per heavy atom. The monoisotopic (exact) mass is 530 g/mol. The number of hydrogen-bond donors (Lipinski definition) is 1. The minimum absolute atomic E-state index is 0.112. The standard InChI is InChI=1S/C31H50N2O5/c1-4-5-6-7-8-9-10-11-15-18-26(35-22-25-16-13-12-14-17-25)19-20-34-27-21-31(33,24-32)37-28-23-36-30(2,3)38-29(27)28/h12-14,16-17,26-29H,4-11,15,18-23,33H2,1-3H3/t26-,27+,28-,29-,31+/m1/s1. The summed E-state index contributed by atoms with van der Waals surface area (Å²) in [5.74, 6) is -0.731. The van der Waals surface area contributed by atoms with Crippen molar-refractivity contribution in [1.82, 2.24) is 0 Å². The summed E-state index contributed by atoms with van der Waals surface area (Å²) < 4.78 is 30.4. The molecule has 7 heteroatoms. The van der Waals surface area contributed by atoms with Crippen LogP contribution in [0, 0.1) is 11.3 Å². The number of nitrogens with zero attached hydrogens (tertiary/aromatic N) is 1. The molecule has 2 heterocycles. The maximum absolute atomic E-state index is 9.61. The zero-order chi connectivity index (χ0) is 27.3. The highest BCUT2D eigenvalue weighted by atomic mass is 16.7. The normalized spacial score (nSPS) is 27.4. The van der Waals surface area contributed by atoms with Gasteiger partial charge in [0.1, 0.15) is 18.3 Å². The van der Waals surface area contributed by atoms with E-state index < -0.39 is 17.6 Å². The molecule has 1 aromatic rings. The molecule has 0 spiro atoms. The average Bonchev–Trinajstić information content (AvgIpc) is 2.91. The fourth-order valence-corrected chi connectivity index (χ4v) is 5.32. The smallest absolute Gasteiger partial charge is 0.208 e. The maximum atomic E-state index is 9.61. The second-order valence-corrected chi connectivity index (χ2v) is 11.4. The van der Waals surface area contributed by atoms with Crippen LogP contribution in [0.25, 0.3) is 0 Å². The van der Waals surface area contributed by atoms with Gasteiger partial charge in [-0.05, 0) is 32.3 Å². The van der Waals surface area contributed by atoms with Crippen LogP contribution in [0.3, 0.4) is 0 Å². The Kier molecular flexibility index (Phi) is 13.0. The van der Waals surface area contributed by atoms with Crippen molar-refractivity contribution in [3.63, 3.8) is 0 Å². The molecule has 0 radical (unpaired) electrons. The third-order valence-corrected chi connectivity index (χ3v) is 7.53. The van der Waals surface area contributed by atoms with Crippen LogP contribution < -0.4 is 5.73 Å². The molecule has 0 amide bonds. The highest BCUT2D eigenvalue weighted by Gasteiger charge is 2.51. The number of hydrogen-bond acceptors (Lipinski definition) is 7. The first-order valence-electron chi connectivity index (χ1n) is 14.8. The number of nitriles is 1. The molecular formula is C31H50N2O5. The average molecular weight is 531 g/mol. The van der Waals surface area contributed by atoms with E-state index in [9.17, 15) is 5.26 Å². The molecule has 0 aromatic heterocycles. The van der Waals surface area contributed by atoms with Gasteiger partial charge in [0.25, 0.3) is 0 Å². The summed E-state index contributed by atoms with van der Waals surface area (Å²) in [5, 5.41) is 9.61. The quantitative estimate of drug-likeness (QED) is 0.233. The number of benzene rings is 1. The molecule has 38 heavy (non-hydrogen) atoms. The highest BCUT2D eigenvalue weighted by Crippen LogP contribution is 2.36. The summed E-state index contributed by atoms with van der Waals surface area (Å²) >= 11 is 0. The molecule has 0 aliphatic carbocycles. The number of fused-ring (bicyclic) bond motifs is 1. The highest BCUT2D eigenvalue weighted by molar-refractivity contribution is 5.13. The van der Waals surface area contributed by atoms with Crippen LogP contribution in [0.5, 0.6) is 0 Å². The number of nitrogens with two attached hydrogens (primary N) is 1. The van der Waals surface area contributed by atoms with Gasteiger partial charge in [0.2, 0.25) is 5.72 Å². The third-order valence-electron chi connectivity index (χ3n) is 7.53. The minimum atomic E-state index is -1.40. The molecule has 2 saturated heterocycles. The van der Waals surface area contributed by atoms with E-state index in [0.717, 1.165) is 19.3 Å². The molecular weight excluding hydrogens is 480 g/mol. The second kappa shape index (κ2) is 15.9. The molecule has 214 valence electrons. The van der Waals surface area contributed by atoms with Crippen molar-refractivity contribution in [2.75, 3.05) is 13.2 Å². The molecule has 7 nitrogen and oxygen atoms in total. The van der Waals surface area contributed by atoms with Gasteiger partial charge in [-0.3, -0.25) is 5.73 Å². The summed E-state index contributed by atoms with van der Waals surface area (Å²) in [6, 6.07) is 12.4. The number of rotatable bonds is 17. The molecule has 2 aliphatic heterocycles. The van der Waals surface area contributed by atoms with Gasteiger partial charge >= 0.3 is 0 Å². The molecule has 0 bridgehead atoms. The van der Waals surface area contributed by atoms with E-state index in [1.807, 2.05) is 32.0 Å². The van der Waals surface area contributed by atoms with Gasteiger partial charge in [-0.1, -0.05) is 95.0 Å². The van der Waals surface area contributed by atoms with Gasteiger partial charge in [0, 0.05) is 13.0 Å². The Labute approximate surface area is 230 Å². The first-order valence-corrected chi connectivity index (χ1v) is 14.8. The molecule has 0 saturated carbocycles. The first-order chi connectivity index (χ1) is 18.3. The molecule has 2 aliphatic rings. The topological polar surface area (TPSA) is 96.0 Å². The second-order valence-electron chi connectivity index (χ2n) is 11.4. The lowest BCUT2D eigenvalue weighted by molar-refractivity contribution is -0.354. The fraction of sp³-hybridized carbons (Fsp3) is 0.774. The van der Waals surface area contributed by atoms with Gasteiger partial charge in [-0.15, -0.1) is 0 Å². The van der Waals surface area contributed by atoms with Gasteiger partial charge < -0.3 is 23.7 Å². The molecule has 2 N–H and O–H groups in total.